The number of anilines is 1. The molecule has 0 N–H and O–H groups in total. The van der Waals surface area contributed by atoms with Gasteiger partial charge >= 0.3 is 11.8 Å². The smallest absolute Gasteiger partial charge is 0.410 e. The lowest BCUT2D eigenvalue weighted by atomic mass is 9.71. The van der Waals surface area contributed by atoms with Crippen molar-refractivity contribution in [3.05, 3.63) is 27.8 Å². The molecule has 29 heavy (non-hydrogen) atoms. The molecule has 1 aromatic rings. The number of nitro benzene ring substituents is 1. The Kier molecular flexibility index (Phi) is 5.65. The minimum Gasteiger partial charge on any atom is -0.490 e. The van der Waals surface area contributed by atoms with E-state index in [1.807, 2.05) is 27.7 Å². The van der Waals surface area contributed by atoms with Crippen molar-refractivity contribution in [1.82, 2.24) is 4.90 Å². The molecule has 160 valence electrons. The molecule has 0 unspecified atom stereocenters. The van der Waals surface area contributed by atoms with Crippen LogP contribution in [0.4, 0.5) is 16.2 Å². The highest BCUT2D eigenvalue weighted by Crippen LogP contribution is 2.45. The van der Waals surface area contributed by atoms with Crippen LogP contribution in [-0.2, 0) is 11.2 Å². The van der Waals surface area contributed by atoms with Crippen molar-refractivity contribution >= 4 is 17.5 Å². The molecule has 2 aliphatic heterocycles. The first-order valence-electron chi connectivity index (χ1n) is 10.2. The number of ether oxygens (including phenoxy) is 2. The van der Waals surface area contributed by atoms with E-state index in [1.54, 1.807) is 17.0 Å². The van der Waals surface area contributed by atoms with Crippen LogP contribution < -0.4 is 9.64 Å². The third kappa shape index (κ3) is 4.41. The van der Waals surface area contributed by atoms with Gasteiger partial charge in [0.15, 0.2) is 5.75 Å². The van der Waals surface area contributed by atoms with Gasteiger partial charge in [0, 0.05) is 49.4 Å². The molecule has 0 bridgehead atoms. The predicted molar refractivity (Wildman–Crippen MR) is 111 cm³/mol. The van der Waals surface area contributed by atoms with Crippen molar-refractivity contribution in [2.24, 2.45) is 5.41 Å². The van der Waals surface area contributed by atoms with E-state index >= 15 is 0 Å². The van der Waals surface area contributed by atoms with Gasteiger partial charge in [-0.15, -0.1) is 0 Å². The molecule has 0 aromatic heterocycles. The van der Waals surface area contributed by atoms with Gasteiger partial charge in [-0.25, -0.2) is 4.79 Å². The van der Waals surface area contributed by atoms with E-state index < -0.39 is 10.5 Å². The maximum absolute atomic E-state index is 12.3. The van der Waals surface area contributed by atoms with Gasteiger partial charge in [-0.3, -0.25) is 10.1 Å². The zero-order valence-electron chi connectivity index (χ0n) is 18.0. The van der Waals surface area contributed by atoms with Crippen LogP contribution in [0.1, 0.15) is 46.1 Å². The largest absolute Gasteiger partial charge is 0.490 e. The van der Waals surface area contributed by atoms with Crippen LogP contribution >= 0.6 is 0 Å². The average Bonchev–Trinajstić information content (AvgIpc) is 2.63. The zero-order chi connectivity index (χ0) is 21.4. The SMILES string of the molecule is CCc1cc([N+](=O)[O-])c(OC)cc1N1CC2(CCN(C(=O)OC(C)(C)C)CC2)C1. The maximum atomic E-state index is 12.3. The lowest BCUT2D eigenvalue weighted by molar-refractivity contribution is -0.385. The second kappa shape index (κ2) is 7.72. The lowest BCUT2D eigenvalue weighted by Gasteiger charge is -2.55. The zero-order valence-corrected chi connectivity index (χ0v) is 18.0. The molecule has 2 aliphatic rings. The summed E-state index contributed by atoms with van der Waals surface area (Å²) in [5.41, 5.74) is 1.69. The highest BCUT2D eigenvalue weighted by atomic mass is 16.6. The van der Waals surface area contributed by atoms with E-state index in [0.717, 1.165) is 43.6 Å². The second-order valence-electron chi connectivity index (χ2n) is 9.09. The summed E-state index contributed by atoms with van der Waals surface area (Å²) in [5, 5.41) is 11.3. The van der Waals surface area contributed by atoms with Gasteiger partial charge in [0.2, 0.25) is 0 Å². The van der Waals surface area contributed by atoms with Gasteiger partial charge in [-0.2, -0.15) is 0 Å². The van der Waals surface area contributed by atoms with E-state index in [4.69, 9.17) is 9.47 Å². The minimum absolute atomic E-state index is 0.00834. The monoisotopic (exact) mass is 405 g/mol. The maximum Gasteiger partial charge on any atom is 0.410 e. The number of nitro groups is 1. The molecule has 0 radical (unpaired) electrons. The molecule has 2 saturated heterocycles. The number of carbonyl (C=O) groups is 1. The number of piperidine rings is 1. The van der Waals surface area contributed by atoms with Crippen molar-refractivity contribution < 1.29 is 19.2 Å². The molecular formula is C21H31N3O5. The van der Waals surface area contributed by atoms with E-state index in [9.17, 15) is 14.9 Å². The van der Waals surface area contributed by atoms with Gasteiger partial charge in [0.25, 0.3) is 0 Å². The number of rotatable bonds is 4. The fourth-order valence-electron chi connectivity index (χ4n) is 4.22. The highest BCUT2D eigenvalue weighted by molar-refractivity contribution is 5.68. The number of likely N-dealkylation sites (tertiary alicyclic amines) is 1. The van der Waals surface area contributed by atoms with Gasteiger partial charge in [0.1, 0.15) is 5.60 Å². The molecule has 1 spiro atoms. The number of hydrogen-bond donors (Lipinski definition) is 0. The van der Waals surface area contributed by atoms with Crippen LogP contribution in [0.2, 0.25) is 0 Å². The molecule has 0 atom stereocenters. The quantitative estimate of drug-likeness (QED) is 0.556. The van der Waals surface area contributed by atoms with Crippen LogP contribution in [0.25, 0.3) is 0 Å². The summed E-state index contributed by atoms with van der Waals surface area (Å²) in [5.74, 6) is 0.294. The van der Waals surface area contributed by atoms with Gasteiger partial charge in [-0.05, 0) is 45.6 Å². The van der Waals surface area contributed by atoms with Crippen LogP contribution in [0.15, 0.2) is 12.1 Å². The normalized spacial score (nSPS) is 18.4. The van der Waals surface area contributed by atoms with Crippen molar-refractivity contribution in [1.29, 1.82) is 0 Å². The van der Waals surface area contributed by atoms with Crippen LogP contribution in [0, 0.1) is 15.5 Å². The van der Waals surface area contributed by atoms with E-state index in [0.29, 0.717) is 18.8 Å². The Morgan fingerprint density at radius 3 is 2.34 bits per heavy atom. The summed E-state index contributed by atoms with van der Waals surface area (Å²) in [6.07, 6.45) is 2.36. The Bertz CT molecular complexity index is 786. The molecule has 3 rings (SSSR count). The summed E-state index contributed by atoms with van der Waals surface area (Å²) in [6.45, 7) is 10.8. The average molecular weight is 405 g/mol. The Labute approximate surface area is 171 Å². The summed E-state index contributed by atoms with van der Waals surface area (Å²) >= 11 is 0. The van der Waals surface area contributed by atoms with Crippen molar-refractivity contribution in [3.63, 3.8) is 0 Å². The van der Waals surface area contributed by atoms with E-state index in [1.165, 1.54) is 7.11 Å². The third-order valence-corrected chi connectivity index (χ3v) is 5.83. The first-order chi connectivity index (χ1) is 13.6. The Morgan fingerprint density at radius 2 is 1.86 bits per heavy atom. The third-order valence-electron chi connectivity index (χ3n) is 5.83. The highest BCUT2D eigenvalue weighted by Gasteiger charge is 2.46. The first-order valence-corrected chi connectivity index (χ1v) is 10.2. The first kappa shape index (κ1) is 21.2. The van der Waals surface area contributed by atoms with Crippen molar-refractivity contribution in [3.8, 4) is 5.75 Å². The fraction of sp³-hybridized carbons (Fsp3) is 0.667. The molecule has 0 saturated carbocycles. The second-order valence-corrected chi connectivity index (χ2v) is 9.09. The number of aryl methyl sites for hydroxylation is 1. The molecule has 2 fully saturated rings. The predicted octanol–water partition coefficient (Wildman–Crippen LogP) is 4.00. The minimum atomic E-state index is -0.481. The summed E-state index contributed by atoms with van der Waals surface area (Å²) in [4.78, 5) is 27.3. The van der Waals surface area contributed by atoms with Gasteiger partial charge in [0.05, 0.1) is 12.0 Å². The molecule has 1 aromatic carbocycles. The van der Waals surface area contributed by atoms with Crippen LogP contribution in [0.3, 0.4) is 0 Å². The topological polar surface area (TPSA) is 85.2 Å². The van der Waals surface area contributed by atoms with Gasteiger partial charge in [-0.1, -0.05) is 6.92 Å². The van der Waals surface area contributed by atoms with Crippen molar-refractivity contribution in [2.45, 2.75) is 52.6 Å². The fourth-order valence-corrected chi connectivity index (χ4v) is 4.22. The van der Waals surface area contributed by atoms with Crippen molar-refractivity contribution in [2.75, 3.05) is 38.2 Å². The molecule has 8 heteroatoms. The standard InChI is InChI=1S/C21H31N3O5/c1-6-15-11-17(24(26)27)18(28-5)12-16(15)23-13-21(14-23)7-9-22(10-8-21)19(25)29-20(2,3)4/h11-12H,6-10,13-14H2,1-5H3. The lowest BCUT2D eigenvalue weighted by Crippen LogP contribution is -2.61. The molecule has 0 aliphatic carbocycles. The number of benzene rings is 1. The van der Waals surface area contributed by atoms with E-state index in [2.05, 4.69) is 4.90 Å². The van der Waals surface area contributed by atoms with Gasteiger partial charge < -0.3 is 19.3 Å². The van der Waals surface area contributed by atoms with E-state index in [-0.39, 0.29) is 17.2 Å². The number of amides is 1. The molecule has 1 amide bonds. The molecule has 8 nitrogen and oxygen atoms in total. The Hall–Kier alpha value is -2.51. The number of methoxy groups -OCH3 is 1. The van der Waals surface area contributed by atoms with Crippen LogP contribution in [-0.4, -0.2) is 54.8 Å². The number of carbonyl (C=O) groups excluding carboxylic acids is 1. The number of nitrogens with zero attached hydrogens (tertiary/aromatic N) is 3. The Morgan fingerprint density at radius 1 is 1.24 bits per heavy atom. The Balaban J connectivity index is 1.66. The molecule has 2 heterocycles. The summed E-state index contributed by atoms with van der Waals surface area (Å²) in [6, 6.07) is 3.42. The number of hydrogen-bond acceptors (Lipinski definition) is 6. The molecular weight excluding hydrogens is 374 g/mol. The van der Waals surface area contributed by atoms with Crippen LogP contribution in [0.5, 0.6) is 5.75 Å². The summed E-state index contributed by atoms with van der Waals surface area (Å²) < 4.78 is 10.7. The summed E-state index contributed by atoms with van der Waals surface area (Å²) in [7, 11) is 1.46.